The molecule has 1 aliphatic carbocycles. The van der Waals surface area contributed by atoms with Crippen molar-refractivity contribution < 1.29 is 9.53 Å². The summed E-state index contributed by atoms with van der Waals surface area (Å²) in [6.07, 6.45) is 3.10. The first kappa shape index (κ1) is 19.0. The predicted octanol–water partition coefficient (Wildman–Crippen LogP) is 2.14. The molecule has 2 amide bonds. The number of rotatable bonds is 6. The molecule has 2 heterocycles. The van der Waals surface area contributed by atoms with Gasteiger partial charge in [-0.2, -0.15) is 5.10 Å². The number of ether oxygens (including phenoxy) is 1. The number of hydrogen-bond acceptors (Lipinski definition) is 4. The molecule has 2 N–H and O–H groups in total. The van der Waals surface area contributed by atoms with Crippen LogP contribution in [0.5, 0.6) is 0 Å². The minimum atomic E-state index is -0.155. The zero-order valence-corrected chi connectivity index (χ0v) is 16.6. The Labute approximate surface area is 166 Å². The van der Waals surface area contributed by atoms with E-state index >= 15 is 0 Å². The number of nitrogens with zero attached hydrogens (tertiary/aromatic N) is 3. The third-order valence-corrected chi connectivity index (χ3v) is 5.85. The van der Waals surface area contributed by atoms with Crippen molar-refractivity contribution in [3.63, 3.8) is 0 Å². The Balaban J connectivity index is 1.46. The molecule has 2 aromatic rings. The van der Waals surface area contributed by atoms with Crippen molar-refractivity contribution in [2.75, 3.05) is 38.7 Å². The first-order valence-electron chi connectivity index (χ1n) is 10.0. The quantitative estimate of drug-likeness (QED) is 0.802. The van der Waals surface area contributed by atoms with Crippen molar-refractivity contribution in [3.05, 3.63) is 47.2 Å². The van der Waals surface area contributed by atoms with E-state index in [9.17, 15) is 4.79 Å². The van der Waals surface area contributed by atoms with Gasteiger partial charge in [-0.05, 0) is 24.8 Å². The summed E-state index contributed by atoms with van der Waals surface area (Å²) in [4.78, 5) is 15.2. The van der Waals surface area contributed by atoms with Crippen molar-refractivity contribution in [2.45, 2.75) is 31.2 Å². The standard InChI is InChI=1S/C21H29N5O2/c1-25-20(16-9-6-10-18(16)24-25)23-21(27)22-19-14-26(11-12-28-2)13-17(19)15-7-4-3-5-8-15/h3-5,7-8,17,19H,6,9-14H2,1-2H3,(H2,22,23,27). The van der Waals surface area contributed by atoms with E-state index in [1.54, 1.807) is 11.8 Å². The molecule has 150 valence electrons. The van der Waals surface area contributed by atoms with E-state index < -0.39 is 0 Å². The summed E-state index contributed by atoms with van der Waals surface area (Å²) in [5.74, 6) is 1.09. The largest absolute Gasteiger partial charge is 0.383 e. The zero-order valence-electron chi connectivity index (χ0n) is 16.6. The highest BCUT2D eigenvalue weighted by molar-refractivity contribution is 5.89. The van der Waals surface area contributed by atoms with E-state index in [2.05, 4.69) is 44.9 Å². The molecule has 0 spiro atoms. The van der Waals surface area contributed by atoms with E-state index in [1.165, 1.54) is 11.1 Å². The number of hydrogen-bond donors (Lipinski definition) is 2. The Morgan fingerprint density at radius 1 is 1.25 bits per heavy atom. The van der Waals surface area contributed by atoms with Gasteiger partial charge in [0.15, 0.2) is 0 Å². The summed E-state index contributed by atoms with van der Waals surface area (Å²) in [7, 11) is 3.61. The summed E-state index contributed by atoms with van der Waals surface area (Å²) in [6, 6.07) is 10.3. The fraction of sp³-hybridized carbons (Fsp3) is 0.524. The molecule has 7 nitrogen and oxygen atoms in total. The molecule has 2 aliphatic rings. The van der Waals surface area contributed by atoms with Gasteiger partial charge < -0.3 is 10.1 Å². The predicted molar refractivity (Wildman–Crippen MR) is 109 cm³/mol. The van der Waals surface area contributed by atoms with Crippen LogP contribution in [0.3, 0.4) is 0 Å². The van der Waals surface area contributed by atoms with Crippen LogP contribution in [0.25, 0.3) is 0 Å². The van der Waals surface area contributed by atoms with Crippen molar-refractivity contribution in [1.82, 2.24) is 20.0 Å². The highest BCUT2D eigenvalue weighted by Crippen LogP contribution is 2.29. The van der Waals surface area contributed by atoms with Crippen molar-refractivity contribution in [1.29, 1.82) is 0 Å². The summed E-state index contributed by atoms with van der Waals surface area (Å²) >= 11 is 0. The Hall–Kier alpha value is -2.38. The molecule has 4 rings (SSSR count). The number of methoxy groups -OCH3 is 1. The maximum Gasteiger partial charge on any atom is 0.320 e. The van der Waals surface area contributed by atoms with Crippen LogP contribution in [0.1, 0.15) is 29.2 Å². The maximum absolute atomic E-state index is 12.8. The number of urea groups is 1. The van der Waals surface area contributed by atoms with Crippen LogP contribution in [0.2, 0.25) is 0 Å². The Bertz CT molecular complexity index is 820. The number of carbonyl (C=O) groups excluding carboxylic acids is 1. The summed E-state index contributed by atoms with van der Waals surface area (Å²) in [5, 5.41) is 10.8. The average Bonchev–Trinajstić information content (AvgIpc) is 3.38. The Morgan fingerprint density at radius 2 is 2.07 bits per heavy atom. The molecule has 1 aliphatic heterocycles. The van der Waals surface area contributed by atoms with Gasteiger partial charge >= 0.3 is 6.03 Å². The number of nitrogens with one attached hydrogen (secondary N) is 2. The number of benzene rings is 1. The van der Waals surface area contributed by atoms with Crippen LogP contribution < -0.4 is 10.6 Å². The SMILES string of the molecule is COCCN1CC(NC(=O)Nc2c3c(nn2C)CCC3)C(c2ccccc2)C1. The first-order valence-corrected chi connectivity index (χ1v) is 10.0. The monoisotopic (exact) mass is 383 g/mol. The lowest BCUT2D eigenvalue weighted by Crippen LogP contribution is -2.42. The van der Waals surface area contributed by atoms with E-state index in [-0.39, 0.29) is 18.0 Å². The third kappa shape index (κ3) is 3.91. The maximum atomic E-state index is 12.8. The summed E-state index contributed by atoms with van der Waals surface area (Å²) in [6.45, 7) is 3.30. The van der Waals surface area contributed by atoms with Crippen molar-refractivity contribution in [3.8, 4) is 0 Å². The third-order valence-electron chi connectivity index (χ3n) is 5.85. The minimum absolute atomic E-state index is 0.0560. The van der Waals surface area contributed by atoms with Crippen LogP contribution in [0.4, 0.5) is 10.6 Å². The van der Waals surface area contributed by atoms with Crippen LogP contribution in [-0.4, -0.2) is 60.1 Å². The van der Waals surface area contributed by atoms with Gasteiger partial charge in [0.2, 0.25) is 0 Å². The van der Waals surface area contributed by atoms with E-state index in [0.29, 0.717) is 6.61 Å². The molecule has 1 saturated heterocycles. The number of amides is 2. The fourth-order valence-corrected chi connectivity index (χ4v) is 4.46. The fourth-order valence-electron chi connectivity index (χ4n) is 4.46. The van der Waals surface area contributed by atoms with Gasteiger partial charge in [0, 0.05) is 45.3 Å². The minimum Gasteiger partial charge on any atom is -0.383 e. The lowest BCUT2D eigenvalue weighted by molar-refractivity contribution is 0.159. The molecule has 2 atom stereocenters. The van der Waals surface area contributed by atoms with Crippen LogP contribution in [0, 0.1) is 0 Å². The molecule has 7 heteroatoms. The topological polar surface area (TPSA) is 71.4 Å². The van der Waals surface area contributed by atoms with Gasteiger partial charge in [-0.3, -0.25) is 14.9 Å². The zero-order chi connectivity index (χ0) is 19.5. The number of aromatic nitrogens is 2. The Morgan fingerprint density at radius 3 is 2.86 bits per heavy atom. The number of likely N-dealkylation sites (tertiary alicyclic amines) is 1. The van der Waals surface area contributed by atoms with E-state index in [0.717, 1.165) is 50.4 Å². The lowest BCUT2D eigenvalue weighted by Gasteiger charge is -2.21. The lowest BCUT2D eigenvalue weighted by atomic mass is 9.94. The van der Waals surface area contributed by atoms with Crippen LogP contribution in [0.15, 0.2) is 30.3 Å². The van der Waals surface area contributed by atoms with Gasteiger partial charge in [-0.25, -0.2) is 4.79 Å². The second-order valence-corrected chi connectivity index (χ2v) is 7.73. The average molecular weight is 383 g/mol. The van der Waals surface area contributed by atoms with Gasteiger partial charge in [0.25, 0.3) is 0 Å². The highest BCUT2D eigenvalue weighted by Gasteiger charge is 2.35. The van der Waals surface area contributed by atoms with Gasteiger partial charge in [0.05, 0.1) is 18.3 Å². The summed E-state index contributed by atoms with van der Waals surface area (Å²) in [5.41, 5.74) is 3.56. The molecular weight excluding hydrogens is 354 g/mol. The Kier molecular flexibility index (Phi) is 5.64. The molecule has 0 bridgehead atoms. The summed E-state index contributed by atoms with van der Waals surface area (Å²) < 4.78 is 7.03. The molecule has 1 aromatic carbocycles. The molecule has 28 heavy (non-hydrogen) atoms. The van der Waals surface area contributed by atoms with Crippen molar-refractivity contribution in [2.24, 2.45) is 7.05 Å². The van der Waals surface area contributed by atoms with E-state index in [1.807, 2.05) is 13.1 Å². The number of fused-ring (bicyclic) bond motifs is 1. The normalized spacial score (nSPS) is 21.6. The molecule has 0 saturated carbocycles. The van der Waals surface area contributed by atoms with Gasteiger partial charge in [-0.15, -0.1) is 0 Å². The van der Waals surface area contributed by atoms with Gasteiger partial charge in [0.1, 0.15) is 5.82 Å². The van der Waals surface area contributed by atoms with E-state index in [4.69, 9.17) is 4.74 Å². The number of carbonyl (C=O) groups is 1. The number of anilines is 1. The van der Waals surface area contributed by atoms with Crippen LogP contribution in [-0.2, 0) is 24.6 Å². The smallest absolute Gasteiger partial charge is 0.320 e. The van der Waals surface area contributed by atoms with Gasteiger partial charge in [-0.1, -0.05) is 30.3 Å². The molecular formula is C21H29N5O2. The molecule has 1 fully saturated rings. The first-order chi connectivity index (χ1) is 13.7. The second-order valence-electron chi connectivity index (χ2n) is 7.73. The molecule has 0 radical (unpaired) electrons. The number of aryl methyl sites for hydroxylation is 2. The second kappa shape index (κ2) is 8.32. The van der Waals surface area contributed by atoms with Crippen molar-refractivity contribution >= 4 is 11.8 Å². The molecule has 1 aromatic heterocycles. The van der Waals surface area contributed by atoms with Crippen LogP contribution >= 0.6 is 0 Å². The highest BCUT2D eigenvalue weighted by atomic mass is 16.5. The molecule has 2 unspecified atom stereocenters.